The zero-order chi connectivity index (χ0) is 27.8. The highest BCUT2D eigenvalue weighted by atomic mass is 16.2. The summed E-state index contributed by atoms with van der Waals surface area (Å²) in [5.41, 5.74) is 3.59. The number of anilines is 1. The van der Waals surface area contributed by atoms with Crippen LogP contribution in [-0.4, -0.2) is 32.2 Å². The number of para-hydroxylation sites is 1. The third-order valence-corrected chi connectivity index (χ3v) is 7.49. The molecule has 1 heterocycles. The molecule has 1 aromatic heterocycles. The van der Waals surface area contributed by atoms with Crippen molar-refractivity contribution in [1.82, 2.24) is 20.2 Å². The zero-order valence-corrected chi connectivity index (χ0v) is 25.3. The molecule has 6 heteroatoms. The molecule has 0 spiro atoms. The summed E-state index contributed by atoms with van der Waals surface area (Å²) in [5.74, 6) is 1.28. The van der Waals surface area contributed by atoms with E-state index in [0.29, 0.717) is 17.7 Å². The third-order valence-electron chi connectivity index (χ3n) is 7.49. The van der Waals surface area contributed by atoms with Crippen LogP contribution in [0.25, 0.3) is 0 Å². The third kappa shape index (κ3) is 10.9. The predicted octanol–water partition coefficient (Wildman–Crippen LogP) is 9.08. The molecular formula is C32H55N5O. The number of benzene rings is 1. The maximum atomic E-state index is 13.6. The molecular weight excluding hydrogens is 470 g/mol. The van der Waals surface area contributed by atoms with E-state index < -0.39 is 0 Å². The van der Waals surface area contributed by atoms with Crippen LogP contribution < -0.4 is 5.32 Å². The Morgan fingerprint density at radius 3 is 1.87 bits per heavy atom. The molecule has 1 N–H and O–H groups in total. The number of carbonyl (C=O) groups is 1. The lowest BCUT2D eigenvalue weighted by atomic mass is 9.92. The molecule has 0 amide bonds. The number of nitrogens with one attached hydrogen (secondary N) is 1. The van der Waals surface area contributed by atoms with Crippen LogP contribution in [0.3, 0.4) is 0 Å². The van der Waals surface area contributed by atoms with Gasteiger partial charge in [0.25, 0.3) is 5.91 Å². The molecule has 1 aromatic carbocycles. The van der Waals surface area contributed by atoms with Gasteiger partial charge in [-0.05, 0) is 41.0 Å². The summed E-state index contributed by atoms with van der Waals surface area (Å²) in [6, 6.07) is 6.09. The molecule has 0 bridgehead atoms. The summed E-state index contributed by atoms with van der Waals surface area (Å²) in [6.07, 6.45) is 17.7. The van der Waals surface area contributed by atoms with Gasteiger partial charge in [0.2, 0.25) is 0 Å². The second kappa shape index (κ2) is 18.1. The summed E-state index contributed by atoms with van der Waals surface area (Å²) >= 11 is 0. The lowest BCUT2D eigenvalue weighted by Crippen LogP contribution is -2.36. The molecule has 6 nitrogen and oxygen atoms in total. The Morgan fingerprint density at radius 2 is 1.32 bits per heavy atom. The number of nitrogens with zero attached hydrogens (tertiary/aromatic N) is 4. The monoisotopic (exact) mass is 525 g/mol. The Labute approximate surface area is 232 Å². The maximum absolute atomic E-state index is 13.6. The Hall–Kier alpha value is -2.24. The van der Waals surface area contributed by atoms with E-state index in [0.717, 1.165) is 44.2 Å². The molecule has 0 fully saturated rings. The highest BCUT2D eigenvalue weighted by molar-refractivity contribution is 5.86. The van der Waals surface area contributed by atoms with Crippen molar-refractivity contribution in [3.05, 3.63) is 35.2 Å². The molecule has 2 rings (SSSR count). The SMILES string of the molecule is CCCCCCCCCCCCc1nnn(C(=O)C(CCCCC)Nc2c(C(C)C)cccc2C(C)C)n1. The van der Waals surface area contributed by atoms with E-state index in [9.17, 15) is 4.79 Å². The molecule has 2 aromatic rings. The van der Waals surface area contributed by atoms with Crippen LogP contribution in [0, 0.1) is 0 Å². The van der Waals surface area contributed by atoms with E-state index in [1.807, 2.05) is 0 Å². The molecule has 0 aliphatic carbocycles. The van der Waals surface area contributed by atoms with Gasteiger partial charge < -0.3 is 5.32 Å². The van der Waals surface area contributed by atoms with Crippen molar-refractivity contribution in [2.24, 2.45) is 0 Å². The summed E-state index contributed by atoms with van der Waals surface area (Å²) < 4.78 is 0. The minimum Gasteiger partial charge on any atom is -0.373 e. The van der Waals surface area contributed by atoms with E-state index in [-0.39, 0.29) is 11.9 Å². The fourth-order valence-electron chi connectivity index (χ4n) is 5.09. The van der Waals surface area contributed by atoms with Crippen LogP contribution in [0.15, 0.2) is 18.2 Å². The normalized spacial score (nSPS) is 12.4. The maximum Gasteiger partial charge on any atom is 0.288 e. The lowest BCUT2D eigenvalue weighted by molar-refractivity contribution is 0.0845. The van der Waals surface area contributed by atoms with Crippen LogP contribution in [0.5, 0.6) is 0 Å². The molecule has 1 unspecified atom stereocenters. The molecule has 1 atom stereocenters. The van der Waals surface area contributed by atoms with Gasteiger partial charge in [0.05, 0.1) is 0 Å². The number of aryl methyl sites for hydroxylation is 1. The van der Waals surface area contributed by atoms with E-state index >= 15 is 0 Å². The van der Waals surface area contributed by atoms with Gasteiger partial charge in [-0.1, -0.05) is 142 Å². The van der Waals surface area contributed by atoms with E-state index in [2.05, 4.69) is 80.5 Å². The van der Waals surface area contributed by atoms with Crippen molar-refractivity contribution in [1.29, 1.82) is 0 Å². The fourth-order valence-corrected chi connectivity index (χ4v) is 5.09. The second-order valence-electron chi connectivity index (χ2n) is 11.6. The Bertz CT molecular complexity index is 894. The van der Waals surface area contributed by atoms with Crippen LogP contribution in [0.4, 0.5) is 5.69 Å². The predicted molar refractivity (Wildman–Crippen MR) is 160 cm³/mol. The molecule has 0 saturated carbocycles. The number of hydrogen-bond acceptors (Lipinski definition) is 5. The van der Waals surface area contributed by atoms with Crippen molar-refractivity contribution >= 4 is 11.6 Å². The van der Waals surface area contributed by atoms with Crippen molar-refractivity contribution in [2.45, 2.75) is 156 Å². The van der Waals surface area contributed by atoms with Crippen molar-refractivity contribution < 1.29 is 4.79 Å². The average molecular weight is 526 g/mol. The Kier molecular flexibility index (Phi) is 15.2. The fraction of sp³-hybridized carbons (Fsp3) is 0.750. The smallest absolute Gasteiger partial charge is 0.288 e. The number of aromatic nitrogens is 4. The second-order valence-corrected chi connectivity index (χ2v) is 11.6. The molecule has 0 aliphatic heterocycles. The highest BCUT2D eigenvalue weighted by Gasteiger charge is 2.25. The van der Waals surface area contributed by atoms with Crippen LogP contribution in [0.1, 0.15) is 165 Å². The van der Waals surface area contributed by atoms with Gasteiger partial charge in [0.1, 0.15) is 6.04 Å². The summed E-state index contributed by atoms with van der Waals surface area (Å²) in [7, 11) is 0. The molecule has 214 valence electrons. The summed E-state index contributed by atoms with van der Waals surface area (Å²) in [5, 5.41) is 16.5. The average Bonchev–Trinajstić information content (AvgIpc) is 3.37. The van der Waals surface area contributed by atoms with Crippen LogP contribution >= 0.6 is 0 Å². The summed E-state index contributed by atoms with van der Waals surface area (Å²) in [4.78, 5) is 14.8. The van der Waals surface area contributed by atoms with E-state index in [1.165, 1.54) is 73.7 Å². The lowest BCUT2D eigenvalue weighted by Gasteiger charge is -2.25. The Balaban J connectivity index is 1.98. The minimum absolute atomic E-state index is 0.115. The number of rotatable bonds is 20. The summed E-state index contributed by atoms with van der Waals surface area (Å²) in [6.45, 7) is 13.3. The standard InChI is InChI=1S/C32H55N5O/c1-7-9-11-12-13-14-15-16-17-19-24-30-34-36-37(35-30)32(38)29(23-18-10-8-2)33-31-27(25(3)4)21-20-22-28(31)26(5)6/h20-22,25-26,29,33H,7-19,23-24H2,1-6H3. The van der Waals surface area contributed by atoms with Gasteiger partial charge in [0.15, 0.2) is 5.82 Å². The van der Waals surface area contributed by atoms with Crippen molar-refractivity contribution in [3.8, 4) is 0 Å². The first-order valence-corrected chi connectivity index (χ1v) is 15.6. The number of carbonyl (C=O) groups excluding carboxylic acids is 1. The number of unbranched alkanes of at least 4 members (excludes halogenated alkanes) is 11. The number of hydrogen-bond donors (Lipinski definition) is 1. The van der Waals surface area contributed by atoms with Gasteiger partial charge >= 0.3 is 0 Å². The largest absolute Gasteiger partial charge is 0.373 e. The van der Waals surface area contributed by atoms with Gasteiger partial charge in [0, 0.05) is 12.1 Å². The van der Waals surface area contributed by atoms with Gasteiger partial charge in [-0.2, -0.15) is 0 Å². The van der Waals surface area contributed by atoms with E-state index in [4.69, 9.17) is 0 Å². The van der Waals surface area contributed by atoms with Crippen LogP contribution in [0.2, 0.25) is 0 Å². The zero-order valence-electron chi connectivity index (χ0n) is 25.3. The van der Waals surface area contributed by atoms with Gasteiger partial charge in [-0.25, -0.2) is 0 Å². The highest BCUT2D eigenvalue weighted by Crippen LogP contribution is 2.33. The molecule has 0 radical (unpaired) electrons. The molecule has 0 aliphatic rings. The Morgan fingerprint density at radius 1 is 0.789 bits per heavy atom. The first-order chi connectivity index (χ1) is 18.4. The quantitative estimate of drug-likeness (QED) is 0.175. The molecule has 0 saturated heterocycles. The van der Waals surface area contributed by atoms with Crippen molar-refractivity contribution in [3.63, 3.8) is 0 Å². The van der Waals surface area contributed by atoms with E-state index in [1.54, 1.807) is 0 Å². The number of tetrazole rings is 1. The van der Waals surface area contributed by atoms with Crippen molar-refractivity contribution in [2.75, 3.05) is 5.32 Å². The molecule has 38 heavy (non-hydrogen) atoms. The van der Waals surface area contributed by atoms with Gasteiger partial charge in [-0.15, -0.1) is 10.2 Å². The first-order valence-electron chi connectivity index (χ1n) is 15.6. The minimum atomic E-state index is -0.377. The van der Waals surface area contributed by atoms with Gasteiger partial charge in [-0.3, -0.25) is 4.79 Å². The topological polar surface area (TPSA) is 72.7 Å². The first kappa shape index (κ1) is 32.0. The van der Waals surface area contributed by atoms with Crippen LogP contribution in [-0.2, 0) is 6.42 Å².